The van der Waals surface area contributed by atoms with Crippen molar-refractivity contribution in [2.45, 2.75) is 39.2 Å². The van der Waals surface area contributed by atoms with Gasteiger partial charge in [0.15, 0.2) is 6.10 Å². The lowest BCUT2D eigenvalue weighted by Gasteiger charge is -2.20. The molecule has 1 aromatic carbocycles. The minimum absolute atomic E-state index is 0.280. The first-order chi connectivity index (χ1) is 10.4. The van der Waals surface area contributed by atoms with Crippen molar-refractivity contribution in [1.82, 2.24) is 5.32 Å². The van der Waals surface area contributed by atoms with E-state index in [2.05, 4.69) is 0 Å². The molecule has 6 nitrogen and oxygen atoms in total. The number of hydrogen-bond donors (Lipinski definition) is 2. The standard InChI is InChI=1S/C16H20N2O4/c1-9(2)13(14(19)18-16(17)21)22-15(20)12-7-6-10-4-3-5-11(10)8-12/h6-9,13H,3-5H2,1-2H3,(H3,17,18,19,21)/t13-/m0/s1. The van der Waals surface area contributed by atoms with Crippen molar-refractivity contribution in [2.75, 3.05) is 0 Å². The van der Waals surface area contributed by atoms with Crippen molar-refractivity contribution in [3.8, 4) is 0 Å². The van der Waals surface area contributed by atoms with E-state index in [0.717, 1.165) is 24.8 Å². The second-order valence-corrected chi connectivity index (χ2v) is 5.76. The largest absolute Gasteiger partial charge is 0.448 e. The first-order valence-electron chi connectivity index (χ1n) is 7.31. The van der Waals surface area contributed by atoms with E-state index < -0.39 is 24.0 Å². The Kier molecular flexibility index (Phi) is 4.80. The van der Waals surface area contributed by atoms with Crippen LogP contribution in [-0.4, -0.2) is 24.0 Å². The van der Waals surface area contributed by atoms with E-state index in [4.69, 9.17) is 10.5 Å². The number of fused-ring (bicyclic) bond motifs is 1. The number of imide groups is 1. The molecule has 0 saturated carbocycles. The Morgan fingerprint density at radius 2 is 1.86 bits per heavy atom. The third kappa shape index (κ3) is 3.63. The Morgan fingerprint density at radius 3 is 2.50 bits per heavy atom. The van der Waals surface area contributed by atoms with Crippen LogP contribution >= 0.6 is 0 Å². The molecule has 0 heterocycles. The lowest BCUT2D eigenvalue weighted by molar-refractivity contribution is -0.130. The predicted octanol–water partition coefficient (Wildman–Crippen LogP) is 1.55. The Labute approximate surface area is 129 Å². The third-order valence-electron chi connectivity index (χ3n) is 3.68. The van der Waals surface area contributed by atoms with E-state index >= 15 is 0 Å². The lowest BCUT2D eigenvalue weighted by atomic mass is 10.1. The summed E-state index contributed by atoms with van der Waals surface area (Å²) in [6, 6.07) is 4.47. The normalized spacial score (nSPS) is 14.3. The fourth-order valence-corrected chi connectivity index (χ4v) is 2.57. The van der Waals surface area contributed by atoms with Gasteiger partial charge in [0.25, 0.3) is 5.91 Å². The number of nitrogens with one attached hydrogen (secondary N) is 1. The number of rotatable bonds is 4. The van der Waals surface area contributed by atoms with Gasteiger partial charge in [0.05, 0.1) is 5.56 Å². The number of benzene rings is 1. The van der Waals surface area contributed by atoms with Crippen LogP contribution in [0.5, 0.6) is 0 Å². The van der Waals surface area contributed by atoms with Gasteiger partial charge in [-0.15, -0.1) is 0 Å². The molecule has 0 radical (unpaired) electrons. The summed E-state index contributed by atoms with van der Waals surface area (Å²) >= 11 is 0. The highest BCUT2D eigenvalue weighted by Crippen LogP contribution is 2.23. The molecule has 1 aromatic rings. The number of esters is 1. The Balaban J connectivity index is 2.11. The molecule has 2 rings (SSSR count). The van der Waals surface area contributed by atoms with Crippen molar-refractivity contribution < 1.29 is 19.1 Å². The molecule has 1 aliphatic carbocycles. The zero-order valence-electron chi connectivity index (χ0n) is 12.7. The third-order valence-corrected chi connectivity index (χ3v) is 3.68. The number of ether oxygens (including phenoxy) is 1. The van der Waals surface area contributed by atoms with Crippen LogP contribution in [0.25, 0.3) is 0 Å². The van der Waals surface area contributed by atoms with Gasteiger partial charge in [-0.25, -0.2) is 9.59 Å². The van der Waals surface area contributed by atoms with Gasteiger partial charge >= 0.3 is 12.0 Å². The van der Waals surface area contributed by atoms with Gasteiger partial charge in [-0.1, -0.05) is 19.9 Å². The molecule has 0 bridgehead atoms. The molecule has 0 unspecified atom stereocenters. The summed E-state index contributed by atoms with van der Waals surface area (Å²) in [6.45, 7) is 3.45. The van der Waals surface area contributed by atoms with E-state index in [-0.39, 0.29) is 5.92 Å². The van der Waals surface area contributed by atoms with E-state index in [9.17, 15) is 14.4 Å². The molecular weight excluding hydrogens is 284 g/mol. The summed E-state index contributed by atoms with van der Waals surface area (Å²) in [5, 5.41) is 1.95. The maximum atomic E-state index is 12.2. The predicted molar refractivity (Wildman–Crippen MR) is 80.2 cm³/mol. The van der Waals surface area contributed by atoms with Crippen LogP contribution in [0.15, 0.2) is 18.2 Å². The van der Waals surface area contributed by atoms with E-state index in [1.54, 1.807) is 19.9 Å². The van der Waals surface area contributed by atoms with Crippen LogP contribution in [0.1, 0.15) is 41.8 Å². The molecule has 3 amide bonds. The van der Waals surface area contributed by atoms with Crippen molar-refractivity contribution in [1.29, 1.82) is 0 Å². The smallest absolute Gasteiger partial charge is 0.338 e. The second-order valence-electron chi connectivity index (χ2n) is 5.76. The Bertz CT molecular complexity index is 610. The van der Waals surface area contributed by atoms with Crippen LogP contribution in [-0.2, 0) is 22.4 Å². The molecule has 0 fully saturated rings. The molecule has 118 valence electrons. The molecule has 0 spiro atoms. The van der Waals surface area contributed by atoms with Crippen LogP contribution in [0.4, 0.5) is 4.79 Å². The van der Waals surface area contributed by atoms with Gasteiger partial charge in [-0.2, -0.15) is 0 Å². The van der Waals surface area contributed by atoms with Gasteiger partial charge in [-0.05, 0) is 48.4 Å². The highest BCUT2D eigenvalue weighted by atomic mass is 16.5. The van der Waals surface area contributed by atoms with E-state index in [0.29, 0.717) is 5.56 Å². The topological polar surface area (TPSA) is 98.5 Å². The number of amides is 3. The molecule has 1 atom stereocenters. The van der Waals surface area contributed by atoms with E-state index in [1.807, 2.05) is 17.4 Å². The fourth-order valence-electron chi connectivity index (χ4n) is 2.57. The number of aryl methyl sites for hydroxylation is 2. The summed E-state index contributed by atoms with van der Waals surface area (Å²) in [5.74, 6) is -1.57. The summed E-state index contributed by atoms with van der Waals surface area (Å²) in [7, 11) is 0. The average molecular weight is 304 g/mol. The van der Waals surface area contributed by atoms with Gasteiger partial charge in [0, 0.05) is 0 Å². The molecule has 0 aromatic heterocycles. The molecule has 1 aliphatic rings. The molecule has 6 heteroatoms. The maximum absolute atomic E-state index is 12.2. The number of carbonyl (C=O) groups is 3. The highest BCUT2D eigenvalue weighted by molar-refractivity contribution is 5.98. The van der Waals surface area contributed by atoms with Gasteiger partial charge in [-0.3, -0.25) is 10.1 Å². The minimum atomic E-state index is -1.06. The summed E-state index contributed by atoms with van der Waals surface area (Å²) < 4.78 is 5.26. The van der Waals surface area contributed by atoms with Crippen molar-refractivity contribution in [3.63, 3.8) is 0 Å². The quantitative estimate of drug-likeness (QED) is 0.824. The number of nitrogens with two attached hydrogens (primary N) is 1. The van der Waals surface area contributed by atoms with Gasteiger partial charge in [0.1, 0.15) is 0 Å². The number of primary amides is 1. The Morgan fingerprint density at radius 1 is 1.18 bits per heavy atom. The second kappa shape index (κ2) is 6.60. The monoisotopic (exact) mass is 304 g/mol. The van der Waals surface area contributed by atoms with E-state index in [1.165, 1.54) is 5.56 Å². The fraction of sp³-hybridized carbons (Fsp3) is 0.438. The van der Waals surface area contributed by atoms with Crippen molar-refractivity contribution in [3.05, 3.63) is 34.9 Å². The van der Waals surface area contributed by atoms with Crippen LogP contribution < -0.4 is 11.1 Å². The summed E-state index contributed by atoms with van der Waals surface area (Å²) in [4.78, 5) is 34.9. The average Bonchev–Trinajstić information content (AvgIpc) is 2.90. The maximum Gasteiger partial charge on any atom is 0.338 e. The molecule has 0 aliphatic heterocycles. The lowest BCUT2D eigenvalue weighted by Crippen LogP contribution is -2.45. The molecular formula is C16H20N2O4. The van der Waals surface area contributed by atoms with Gasteiger partial charge in [0.2, 0.25) is 0 Å². The summed E-state index contributed by atoms with van der Waals surface area (Å²) in [6.07, 6.45) is 2.00. The number of hydrogen-bond acceptors (Lipinski definition) is 4. The SMILES string of the molecule is CC(C)[C@H](OC(=O)c1ccc2c(c1)CCC2)C(=O)NC(N)=O. The molecule has 0 saturated heterocycles. The number of carbonyl (C=O) groups excluding carboxylic acids is 3. The van der Waals surface area contributed by atoms with Crippen LogP contribution in [0.3, 0.4) is 0 Å². The highest BCUT2D eigenvalue weighted by Gasteiger charge is 2.28. The molecule has 22 heavy (non-hydrogen) atoms. The van der Waals surface area contributed by atoms with Crippen LogP contribution in [0, 0.1) is 5.92 Å². The number of urea groups is 1. The first kappa shape index (κ1) is 16.0. The minimum Gasteiger partial charge on any atom is -0.448 e. The zero-order valence-corrected chi connectivity index (χ0v) is 12.7. The zero-order chi connectivity index (χ0) is 16.3. The molecule has 3 N–H and O–H groups in total. The van der Waals surface area contributed by atoms with Crippen molar-refractivity contribution in [2.24, 2.45) is 11.7 Å². The summed E-state index contributed by atoms with van der Waals surface area (Å²) in [5.41, 5.74) is 7.74. The van der Waals surface area contributed by atoms with Crippen molar-refractivity contribution >= 4 is 17.9 Å². The van der Waals surface area contributed by atoms with Crippen LogP contribution in [0.2, 0.25) is 0 Å². The Hall–Kier alpha value is -2.37. The van der Waals surface area contributed by atoms with Gasteiger partial charge < -0.3 is 10.5 Å². The first-order valence-corrected chi connectivity index (χ1v) is 7.31.